The van der Waals surface area contributed by atoms with Crippen molar-refractivity contribution >= 4 is 18.3 Å². The predicted molar refractivity (Wildman–Crippen MR) is 77.8 cm³/mol. The molecule has 0 aliphatic carbocycles. The molecule has 0 bridgehead atoms. The van der Waals surface area contributed by atoms with Gasteiger partial charge in [0.15, 0.2) is 11.6 Å². The van der Waals surface area contributed by atoms with E-state index in [9.17, 15) is 13.6 Å². The van der Waals surface area contributed by atoms with Gasteiger partial charge in [-0.25, -0.2) is 8.78 Å². The molecule has 114 valence electrons. The Kier molecular flexibility index (Phi) is 7.09. The summed E-state index contributed by atoms with van der Waals surface area (Å²) in [6.45, 7) is 4.92. The molecule has 0 saturated heterocycles. The van der Waals surface area contributed by atoms with Crippen molar-refractivity contribution in [3.63, 3.8) is 0 Å². The van der Waals surface area contributed by atoms with Gasteiger partial charge >= 0.3 is 0 Å². The highest BCUT2D eigenvalue weighted by molar-refractivity contribution is 5.85. The van der Waals surface area contributed by atoms with Gasteiger partial charge in [-0.15, -0.1) is 12.4 Å². The van der Waals surface area contributed by atoms with Crippen molar-refractivity contribution in [3.05, 3.63) is 35.4 Å². The van der Waals surface area contributed by atoms with Crippen LogP contribution in [0.3, 0.4) is 0 Å². The average molecular weight is 307 g/mol. The fourth-order valence-electron chi connectivity index (χ4n) is 1.75. The van der Waals surface area contributed by atoms with E-state index < -0.39 is 11.6 Å². The molecule has 0 aliphatic rings. The van der Waals surface area contributed by atoms with Gasteiger partial charge in [0.2, 0.25) is 5.91 Å². The fourth-order valence-corrected chi connectivity index (χ4v) is 1.75. The Hall–Kier alpha value is -1.20. The van der Waals surface area contributed by atoms with Gasteiger partial charge in [-0.05, 0) is 29.7 Å². The van der Waals surface area contributed by atoms with E-state index in [1.807, 2.05) is 13.8 Å². The zero-order chi connectivity index (χ0) is 14.6. The quantitative estimate of drug-likeness (QED) is 0.908. The molecule has 0 radical (unpaired) electrons. The number of amides is 1. The van der Waals surface area contributed by atoms with Crippen molar-refractivity contribution in [2.24, 2.45) is 11.1 Å². The van der Waals surface area contributed by atoms with Crippen LogP contribution < -0.4 is 5.73 Å². The molecule has 0 heterocycles. The van der Waals surface area contributed by atoms with E-state index in [-0.39, 0.29) is 30.2 Å². The van der Waals surface area contributed by atoms with E-state index in [2.05, 4.69) is 0 Å². The second-order valence-corrected chi connectivity index (χ2v) is 5.54. The van der Waals surface area contributed by atoms with Gasteiger partial charge in [0.1, 0.15) is 0 Å². The number of carbonyl (C=O) groups is 1. The molecular weight excluding hydrogens is 286 g/mol. The topological polar surface area (TPSA) is 46.3 Å². The molecule has 0 saturated carbocycles. The number of hydrogen-bond acceptors (Lipinski definition) is 2. The zero-order valence-electron chi connectivity index (χ0n) is 12.0. The third kappa shape index (κ3) is 5.43. The van der Waals surface area contributed by atoms with E-state index in [4.69, 9.17) is 5.73 Å². The minimum absolute atomic E-state index is 0. The lowest BCUT2D eigenvalue weighted by atomic mass is 9.93. The monoisotopic (exact) mass is 306 g/mol. The maximum absolute atomic E-state index is 13.0. The second kappa shape index (κ2) is 7.55. The first-order chi connectivity index (χ1) is 8.75. The maximum atomic E-state index is 13.0. The molecule has 0 atom stereocenters. The Morgan fingerprint density at radius 1 is 1.30 bits per heavy atom. The Labute approximate surface area is 124 Å². The van der Waals surface area contributed by atoms with E-state index in [1.54, 1.807) is 11.9 Å². The smallest absolute Gasteiger partial charge is 0.226 e. The normalized spacial score (nSPS) is 10.9. The molecule has 3 nitrogen and oxygen atoms in total. The minimum Gasteiger partial charge on any atom is -0.345 e. The minimum atomic E-state index is -0.935. The lowest BCUT2D eigenvalue weighted by molar-refractivity contribution is -0.130. The van der Waals surface area contributed by atoms with Crippen molar-refractivity contribution in [1.29, 1.82) is 0 Å². The molecule has 0 aromatic heterocycles. The van der Waals surface area contributed by atoms with Crippen molar-refractivity contribution < 1.29 is 13.6 Å². The number of halogens is 3. The average Bonchev–Trinajstić information content (AvgIpc) is 2.33. The first kappa shape index (κ1) is 18.8. The highest BCUT2D eigenvalue weighted by Crippen LogP contribution is 2.15. The third-order valence-corrected chi connectivity index (χ3v) is 2.98. The highest BCUT2D eigenvalue weighted by Gasteiger charge is 2.21. The number of carbonyl (C=O) groups excluding carboxylic acids is 1. The summed E-state index contributed by atoms with van der Waals surface area (Å²) in [6.07, 6.45) is 0.0500. The summed E-state index contributed by atoms with van der Waals surface area (Å²) in [7, 11) is 1.68. The fraction of sp³-hybridized carbons (Fsp3) is 0.500. The molecule has 1 amide bonds. The largest absolute Gasteiger partial charge is 0.345 e. The Morgan fingerprint density at radius 2 is 1.90 bits per heavy atom. The van der Waals surface area contributed by atoms with Crippen LogP contribution in [0.25, 0.3) is 0 Å². The van der Waals surface area contributed by atoms with Crippen LogP contribution >= 0.6 is 12.4 Å². The van der Waals surface area contributed by atoms with Crippen LogP contribution in [0.2, 0.25) is 0 Å². The van der Waals surface area contributed by atoms with Crippen molar-refractivity contribution in [3.8, 4) is 0 Å². The molecule has 0 spiro atoms. The summed E-state index contributed by atoms with van der Waals surface area (Å²) in [5.74, 6) is -1.99. The SMILES string of the molecule is CN(CC(C)(C)CN)C(=O)Cc1ccc(F)c(F)c1.Cl. The van der Waals surface area contributed by atoms with Gasteiger partial charge in [0.05, 0.1) is 6.42 Å². The highest BCUT2D eigenvalue weighted by atomic mass is 35.5. The van der Waals surface area contributed by atoms with Crippen molar-refractivity contribution in [1.82, 2.24) is 4.90 Å². The second-order valence-electron chi connectivity index (χ2n) is 5.54. The van der Waals surface area contributed by atoms with Gasteiger partial charge < -0.3 is 10.6 Å². The van der Waals surface area contributed by atoms with Gasteiger partial charge in [-0.1, -0.05) is 19.9 Å². The van der Waals surface area contributed by atoms with Gasteiger partial charge in [0.25, 0.3) is 0 Å². The molecule has 6 heteroatoms. The lowest BCUT2D eigenvalue weighted by Crippen LogP contribution is -2.40. The summed E-state index contributed by atoms with van der Waals surface area (Å²) in [5, 5.41) is 0. The molecule has 1 rings (SSSR count). The van der Waals surface area contributed by atoms with Crippen LogP contribution in [0.1, 0.15) is 19.4 Å². The van der Waals surface area contributed by atoms with Crippen LogP contribution in [0.5, 0.6) is 0 Å². The standard InChI is InChI=1S/C14H20F2N2O.ClH/c1-14(2,8-17)9-18(3)13(19)7-10-4-5-11(15)12(16)6-10;/h4-6H,7-9,17H2,1-3H3;1H. The number of benzene rings is 1. The summed E-state index contributed by atoms with van der Waals surface area (Å²) in [5.41, 5.74) is 5.91. The van der Waals surface area contributed by atoms with Crippen molar-refractivity contribution in [2.45, 2.75) is 20.3 Å². The molecule has 0 fully saturated rings. The summed E-state index contributed by atoms with van der Waals surface area (Å²) in [4.78, 5) is 13.5. The number of nitrogens with two attached hydrogens (primary N) is 1. The molecule has 0 unspecified atom stereocenters. The van der Waals surface area contributed by atoms with Crippen LogP contribution in [-0.4, -0.2) is 30.9 Å². The molecular formula is C14H21ClF2N2O. The van der Waals surface area contributed by atoms with Gasteiger partial charge in [-0.2, -0.15) is 0 Å². The first-order valence-electron chi connectivity index (χ1n) is 6.13. The maximum Gasteiger partial charge on any atom is 0.226 e. The predicted octanol–water partition coefficient (Wildman–Crippen LogP) is 2.37. The molecule has 1 aromatic carbocycles. The van der Waals surface area contributed by atoms with Crippen molar-refractivity contribution in [2.75, 3.05) is 20.1 Å². The van der Waals surface area contributed by atoms with Crippen LogP contribution in [0.4, 0.5) is 8.78 Å². The zero-order valence-corrected chi connectivity index (χ0v) is 12.8. The van der Waals surface area contributed by atoms with Crippen LogP contribution in [0, 0.1) is 17.0 Å². The molecule has 20 heavy (non-hydrogen) atoms. The number of hydrogen-bond donors (Lipinski definition) is 1. The first-order valence-corrected chi connectivity index (χ1v) is 6.13. The Balaban J connectivity index is 0.00000361. The Bertz CT molecular complexity index is 466. The molecule has 0 aliphatic heterocycles. The number of rotatable bonds is 5. The molecule has 2 N–H and O–H groups in total. The summed E-state index contributed by atoms with van der Waals surface area (Å²) < 4.78 is 25.8. The third-order valence-electron chi connectivity index (χ3n) is 2.98. The van der Waals surface area contributed by atoms with Gasteiger partial charge in [-0.3, -0.25) is 4.79 Å². The molecule has 1 aromatic rings. The van der Waals surface area contributed by atoms with E-state index in [1.165, 1.54) is 6.07 Å². The van der Waals surface area contributed by atoms with Crippen LogP contribution in [0.15, 0.2) is 18.2 Å². The van der Waals surface area contributed by atoms with E-state index >= 15 is 0 Å². The number of likely N-dealkylation sites (N-methyl/N-ethyl adjacent to an activating group) is 1. The van der Waals surface area contributed by atoms with Gasteiger partial charge in [0, 0.05) is 13.6 Å². The number of nitrogens with zero attached hydrogens (tertiary/aromatic N) is 1. The summed E-state index contributed by atoms with van der Waals surface area (Å²) in [6, 6.07) is 3.50. The van der Waals surface area contributed by atoms with Crippen LogP contribution in [-0.2, 0) is 11.2 Å². The Morgan fingerprint density at radius 3 is 2.40 bits per heavy atom. The summed E-state index contributed by atoms with van der Waals surface area (Å²) >= 11 is 0. The van der Waals surface area contributed by atoms with E-state index in [0.717, 1.165) is 12.1 Å². The van der Waals surface area contributed by atoms with E-state index in [0.29, 0.717) is 18.7 Å². The lowest BCUT2D eigenvalue weighted by Gasteiger charge is -2.29.